The monoisotopic (exact) mass is 236 g/mol. The zero-order chi connectivity index (χ0) is 12.1. The number of aryl methyl sites for hydroxylation is 1. The van der Waals surface area contributed by atoms with Crippen molar-refractivity contribution in [2.75, 3.05) is 19.6 Å². The van der Waals surface area contributed by atoms with Crippen molar-refractivity contribution in [2.45, 2.75) is 38.8 Å². The predicted octanol–water partition coefficient (Wildman–Crippen LogP) is 1.38. The van der Waals surface area contributed by atoms with Gasteiger partial charge in [-0.25, -0.2) is 0 Å². The van der Waals surface area contributed by atoms with Gasteiger partial charge in [-0.1, -0.05) is 6.42 Å². The van der Waals surface area contributed by atoms with Gasteiger partial charge >= 0.3 is 0 Å². The van der Waals surface area contributed by atoms with E-state index < -0.39 is 0 Å². The minimum absolute atomic E-state index is 0.544. The molecular formula is C13H24N4. The highest BCUT2D eigenvalue weighted by Crippen LogP contribution is 2.08. The summed E-state index contributed by atoms with van der Waals surface area (Å²) in [5.74, 6) is 0. The maximum Gasteiger partial charge on any atom is 0.0518 e. The average molecular weight is 236 g/mol. The number of rotatable bonds is 5. The minimum atomic E-state index is 0.544. The summed E-state index contributed by atoms with van der Waals surface area (Å²) in [5.41, 5.74) is 1.25. The maximum absolute atomic E-state index is 4.18. The molecule has 1 aromatic rings. The Morgan fingerprint density at radius 3 is 2.76 bits per heavy atom. The second kappa shape index (κ2) is 6.17. The fourth-order valence-corrected chi connectivity index (χ4v) is 2.45. The number of hydrogen-bond acceptors (Lipinski definition) is 3. The molecule has 0 amide bonds. The Bertz CT molecular complexity index is 328. The molecule has 1 atom stereocenters. The van der Waals surface area contributed by atoms with Gasteiger partial charge in [0.25, 0.3) is 0 Å². The summed E-state index contributed by atoms with van der Waals surface area (Å²) < 4.78 is 1.93. The summed E-state index contributed by atoms with van der Waals surface area (Å²) in [4.78, 5) is 2.57. The van der Waals surface area contributed by atoms with Crippen molar-refractivity contribution in [3.63, 3.8) is 0 Å². The van der Waals surface area contributed by atoms with Gasteiger partial charge in [0.1, 0.15) is 0 Å². The summed E-state index contributed by atoms with van der Waals surface area (Å²) in [6.45, 7) is 6.89. The van der Waals surface area contributed by atoms with E-state index in [1.807, 2.05) is 17.9 Å². The van der Waals surface area contributed by atoms with Crippen molar-refractivity contribution in [3.05, 3.63) is 18.0 Å². The first kappa shape index (κ1) is 12.6. The number of nitrogens with one attached hydrogen (secondary N) is 1. The third kappa shape index (κ3) is 3.82. The molecule has 1 aliphatic rings. The average Bonchev–Trinajstić information content (AvgIpc) is 2.74. The Balaban J connectivity index is 1.70. The lowest BCUT2D eigenvalue weighted by Crippen LogP contribution is -2.41. The van der Waals surface area contributed by atoms with E-state index in [9.17, 15) is 0 Å². The van der Waals surface area contributed by atoms with Crippen molar-refractivity contribution in [2.24, 2.45) is 7.05 Å². The topological polar surface area (TPSA) is 33.1 Å². The third-order valence-corrected chi connectivity index (χ3v) is 3.53. The molecule has 1 aliphatic heterocycles. The van der Waals surface area contributed by atoms with Crippen LogP contribution >= 0.6 is 0 Å². The number of piperidine rings is 1. The fourth-order valence-electron chi connectivity index (χ4n) is 2.45. The minimum Gasteiger partial charge on any atom is -0.307 e. The molecule has 0 radical (unpaired) electrons. The second-order valence-corrected chi connectivity index (χ2v) is 5.09. The Hall–Kier alpha value is -0.870. The number of aromatic nitrogens is 2. The highest BCUT2D eigenvalue weighted by Gasteiger charge is 2.13. The van der Waals surface area contributed by atoms with Gasteiger partial charge in [-0.2, -0.15) is 5.10 Å². The Kier molecular flexibility index (Phi) is 4.57. The molecule has 1 unspecified atom stereocenters. The Morgan fingerprint density at radius 2 is 2.12 bits per heavy atom. The Labute approximate surface area is 104 Å². The van der Waals surface area contributed by atoms with Crippen molar-refractivity contribution >= 4 is 0 Å². The molecule has 1 fully saturated rings. The standard InChI is InChI=1S/C13H24N4/c1-12(11-17-8-4-3-5-9-17)14-10-13-6-7-15-16(13)2/h6-7,12,14H,3-5,8-11H2,1-2H3. The van der Waals surface area contributed by atoms with E-state index in [2.05, 4.69) is 28.3 Å². The molecule has 2 heterocycles. The quantitative estimate of drug-likeness (QED) is 0.838. The van der Waals surface area contributed by atoms with Crippen molar-refractivity contribution < 1.29 is 0 Å². The zero-order valence-electron chi connectivity index (χ0n) is 11.0. The van der Waals surface area contributed by atoms with Gasteiger partial charge < -0.3 is 10.2 Å². The van der Waals surface area contributed by atoms with Crippen LogP contribution in [-0.4, -0.2) is 40.4 Å². The van der Waals surface area contributed by atoms with Crippen LogP contribution in [0.5, 0.6) is 0 Å². The van der Waals surface area contributed by atoms with Crippen LogP contribution in [0.15, 0.2) is 12.3 Å². The molecule has 4 nitrogen and oxygen atoms in total. The molecule has 0 bridgehead atoms. The van der Waals surface area contributed by atoms with Gasteiger partial charge in [0.2, 0.25) is 0 Å². The lowest BCUT2D eigenvalue weighted by atomic mass is 10.1. The highest BCUT2D eigenvalue weighted by molar-refractivity contribution is 4.99. The Morgan fingerprint density at radius 1 is 1.35 bits per heavy atom. The van der Waals surface area contributed by atoms with E-state index >= 15 is 0 Å². The van der Waals surface area contributed by atoms with E-state index in [0.29, 0.717) is 6.04 Å². The molecule has 1 aromatic heterocycles. The molecule has 1 N–H and O–H groups in total. The maximum atomic E-state index is 4.18. The summed E-state index contributed by atoms with van der Waals surface area (Å²) in [7, 11) is 1.99. The predicted molar refractivity (Wildman–Crippen MR) is 69.8 cm³/mol. The van der Waals surface area contributed by atoms with Gasteiger partial charge in [-0.15, -0.1) is 0 Å². The van der Waals surface area contributed by atoms with Crippen molar-refractivity contribution in [1.29, 1.82) is 0 Å². The molecule has 1 saturated heterocycles. The number of likely N-dealkylation sites (tertiary alicyclic amines) is 1. The van der Waals surface area contributed by atoms with E-state index in [1.54, 1.807) is 0 Å². The van der Waals surface area contributed by atoms with Crippen LogP contribution in [0.3, 0.4) is 0 Å². The van der Waals surface area contributed by atoms with Crippen LogP contribution in [0, 0.1) is 0 Å². The first-order valence-corrected chi connectivity index (χ1v) is 6.68. The van der Waals surface area contributed by atoms with Crippen LogP contribution in [0.2, 0.25) is 0 Å². The summed E-state index contributed by atoms with van der Waals surface area (Å²) in [6.07, 6.45) is 6.00. The van der Waals surface area contributed by atoms with Gasteiger partial charge in [-0.05, 0) is 38.9 Å². The highest BCUT2D eigenvalue weighted by atomic mass is 15.3. The fraction of sp³-hybridized carbons (Fsp3) is 0.769. The smallest absolute Gasteiger partial charge is 0.0518 e. The summed E-state index contributed by atoms with van der Waals surface area (Å²) >= 11 is 0. The number of hydrogen-bond donors (Lipinski definition) is 1. The van der Waals surface area contributed by atoms with Crippen molar-refractivity contribution in [3.8, 4) is 0 Å². The van der Waals surface area contributed by atoms with Crippen molar-refractivity contribution in [1.82, 2.24) is 20.0 Å². The SMILES string of the molecule is CC(CN1CCCCC1)NCc1ccnn1C. The van der Waals surface area contributed by atoms with Crippen LogP contribution < -0.4 is 5.32 Å². The molecule has 2 rings (SSSR count). The third-order valence-electron chi connectivity index (χ3n) is 3.53. The normalized spacial score (nSPS) is 19.4. The summed E-state index contributed by atoms with van der Waals surface area (Å²) in [5, 5.41) is 7.75. The van der Waals surface area contributed by atoms with Gasteiger partial charge in [0, 0.05) is 32.4 Å². The van der Waals surface area contributed by atoms with E-state index in [-0.39, 0.29) is 0 Å². The number of nitrogens with zero attached hydrogens (tertiary/aromatic N) is 3. The second-order valence-electron chi connectivity index (χ2n) is 5.09. The molecule has 0 aliphatic carbocycles. The molecule has 0 aromatic carbocycles. The first-order valence-electron chi connectivity index (χ1n) is 6.68. The van der Waals surface area contributed by atoms with Crippen LogP contribution in [0.1, 0.15) is 31.9 Å². The van der Waals surface area contributed by atoms with E-state index in [0.717, 1.165) is 13.1 Å². The van der Waals surface area contributed by atoms with Gasteiger partial charge in [0.05, 0.1) is 5.69 Å². The van der Waals surface area contributed by atoms with E-state index in [1.165, 1.54) is 38.0 Å². The van der Waals surface area contributed by atoms with Crippen LogP contribution in [-0.2, 0) is 13.6 Å². The zero-order valence-corrected chi connectivity index (χ0v) is 11.0. The molecule has 0 saturated carbocycles. The lowest BCUT2D eigenvalue weighted by molar-refractivity contribution is 0.208. The van der Waals surface area contributed by atoms with Gasteiger partial charge in [0.15, 0.2) is 0 Å². The molecule has 0 spiro atoms. The van der Waals surface area contributed by atoms with Gasteiger partial charge in [-0.3, -0.25) is 4.68 Å². The van der Waals surface area contributed by atoms with E-state index in [4.69, 9.17) is 0 Å². The lowest BCUT2D eigenvalue weighted by Gasteiger charge is -2.29. The van der Waals surface area contributed by atoms with Crippen LogP contribution in [0.4, 0.5) is 0 Å². The molecule has 17 heavy (non-hydrogen) atoms. The first-order chi connectivity index (χ1) is 8.25. The molecule has 4 heteroatoms. The van der Waals surface area contributed by atoms with Crippen LogP contribution in [0.25, 0.3) is 0 Å². The molecule has 96 valence electrons. The molecular weight excluding hydrogens is 212 g/mol. The summed E-state index contributed by atoms with van der Waals surface area (Å²) in [6, 6.07) is 2.61. The largest absolute Gasteiger partial charge is 0.307 e.